The van der Waals surface area contributed by atoms with Gasteiger partial charge in [0.15, 0.2) is 0 Å². The lowest BCUT2D eigenvalue weighted by molar-refractivity contribution is -0.118. The lowest BCUT2D eigenvalue weighted by Crippen LogP contribution is -2.04. The third kappa shape index (κ3) is 4.13. The van der Waals surface area contributed by atoms with E-state index in [9.17, 15) is 4.79 Å². The summed E-state index contributed by atoms with van der Waals surface area (Å²) in [7, 11) is 1.92. The first kappa shape index (κ1) is 14.7. The normalized spacial score (nSPS) is 10.6. The van der Waals surface area contributed by atoms with E-state index in [1.54, 1.807) is 0 Å². The zero-order valence-electron chi connectivity index (χ0n) is 11.8. The van der Waals surface area contributed by atoms with E-state index in [0.717, 1.165) is 42.6 Å². The van der Waals surface area contributed by atoms with Crippen molar-refractivity contribution >= 4 is 5.78 Å². The fraction of sp³-hybridized carbons (Fsp3) is 0.600. The standard InChI is InChI=1S/C15H24N2O/c1-5-6-7-8-9-10-14(18)11-15-12(2)16-17(4)13(15)3/h5H,1,6-11H2,2-4H3. The first-order chi connectivity index (χ1) is 8.56. The lowest BCUT2D eigenvalue weighted by atomic mass is 10.0. The summed E-state index contributed by atoms with van der Waals surface area (Å²) >= 11 is 0. The number of nitrogens with zero attached hydrogens (tertiary/aromatic N) is 2. The van der Waals surface area contributed by atoms with Crippen molar-refractivity contribution in [3.63, 3.8) is 0 Å². The smallest absolute Gasteiger partial charge is 0.137 e. The van der Waals surface area contributed by atoms with Gasteiger partial charge in [0, 0.05) is 31.1 Å². The third-order valence-electron chi connectivity index (χ3n) is 3.40. The maximum absolute atomic E-state index is 11.9. The van der Waals surface area contributed by atoms with E-state index in [-0.39, 0.29) is 0 Å². The molecule has 1 aromatic heterocycles. The van der Waals surface area contributed by atoms with Gasteiger partial charge in [-0.1, -0.05) is 12.5 Å². The highest BCUT2D eigenvalue weighted by atomic mass is 16.1. The van der Waals surface area contributed by atoms with Crippen molar-refractivity contribution in [3.05, 3.63) is 29.6 Å². The number of allylic oxidation sites excluding steroid dienone is 1. The maximum atomic E-state index is 11.9. The minimum absolute atomic E-state index is 0.327. The molecule has 0 aliphatic rings. The molecule has 1 aromatic rings. The summed E-state index contributed by atoms with van der Waals surface area (Å²) in [5.41, 5.74) is 3.19. The number of aryl methyl sites for hydroxylation is 2. The van der Waals surface area contributed by atoms with E-state index in [1.165, 1.54) is 0 Å². The first-order valence-electron chi connectivity index (χ1n) is 6.68. The molecular weight excluding hydrogens is 224 g/mol. The number of hydrogen-bond donors (Lipinski definition) is 0. The van der Waals surface area contributed by atoms with Crippen LogP contribution in [0.25, 0.3) is 0 Å². The minimum atomic E-state index is 0.327. The van der Waals surface area contributed by atoms with Crippen LogP contribution < -0.4 is 0 Å². The molecule has 0 saturated heterocycles. The molecule has 18 heavy (non-hydrogen) atoms. The molecule has 0 atom stereocenters. The number of ketones is 1. The van der Waals surface area contributed by atoms with Crippen molar-refractivity contribution in [2.75, 3.05) is 0 Å². The number of Topliss-reactive ketones (excluding diaryl/α,β-unsaturated/α-hetero) is 1. The summed E-state index contributed by atoms with van der Waals surface area (Å²) < 4.78 is 1.85. The Morgan fingerprint density at radius 1 is 1.33 bits per heavy atom. The highest BCUT2D eigenvalue weighted by molar-refractivity contribution is 5.81. The molecular formula is C15H24N2O. The van der Waals surface area contributed by atoms with Crippen LogP contribution in [0.1, 0.15) is 49.1 Å². The second kappa shape index (κ2) is 7.14. The van der Waals surface area contributed by atoms with Crippen LogP contribution in [0.2, 0.25) is 0 Å². The number of rotatable bonds is 8. The molecule has 3 heteroatoms. The van der Waals surface area contributed by atoms with Crippen LogP contribution in [0.15, 0.2) is 12.7 Å². The Balaban J connectivity index is 2.38. The van der Waals surface area contributed by atoms with Gasteiger partial charge in [-0.3, -0.25) is 9.48 Å². The molecule has 0 amide bonds. The zero-order valence-corrected chi connectivity index (χ0v) is 11.8. The molecule has 0 radical (unpaired) electrons. The molecule has 0 N–H and O–H groups in total. The van der Waals surface area contributed by atoms with Gasteiger partial charge in [0.2, 0.25) is 0 Å². The summed E-state index contributed by atoms with van der Waals surface area (Å²) in [6.45, 7) is 7.69. The van der Waals surface area contributed by atoms with Crippen LogP contribution in [-0.4, -0.2) is 15.6 Å². The van der Waals surface area contributed by atoms with Crippen LogP contribution in [0, 0.1) is 13.8 Å². The van der Waals surface area contributed by atoms with Crippen LogP contribution >= 0.6 is 0 Å². The van der Waals surface area contributed by atoms with E-state index in [0.29, 0.717) is 18.6 Å². The molecule has 0 aliphatic carbocycles. The Bertz CT molecular complexity index is 418. The van der Waals surface area contributed by atoms with Crippen molar-refractivity contribution in [1.29, 1.82) is 0 Å². The van der Waals surface area contributed by atoms with Crippen LogP contribution in [-0.2, 0) is 18.3 Å². The lowest BCUT2D eigenvalue weighted by Gasteiger charge is -2.02. The monoisotopic (exact) mass is 248 g/mol. The molecule has 0 aliphatic heterocycles. The van der Waals surface area contributed by atoms with Crippen molar-refractivity contribution in [3.8, 4) is 0 Å². The summed E-state index contributed by atoms with van der Waals surface area (Å²) in [5.74, 6) is 0.327. The van der Waals surface area contributed by atoms with Crippen molar-refractivity contribution in [1.82, 2.24) is 9.78 Å². The number of carbonyl (C=O) groups excluding carboxylic acids is 1. The second-order valence-electron chi connectivity index (χ2n) is 4.88. The Kier molecular flexibility index (Phi) is 5.83. The van der Waals surface area contributed by atoms with E-state index in [2.05, 4.69) is 11.7 Å². The average molecular weight is 248 g/mol. The topological polar surface area (TPSA) is 34.9 Å². The highest BCUT2D eigenvalue weighted by Gasteiger charge is 2.12. The number of hydrogen-bond acceptors (Lipinski definition) is 2. The largest absolute Gasteiger partial charge is 0.299 e. The Labute approximate surface area is 110 Å². The van der Waals surface area contributed by atoms with E-state index >= 15 is 0 Å². The molecule has 0 saturated carbocycles. The quantitative estimate of drug-likeness (QED) is 0.522. The van der Waals surface area contributed by atoms with E-state index in [4.69, 9.17) is 0 Å². The number of carbonyl (C=O) groups is 1. The number of aromatic nitrogens is 2. The third-order valence-corrected chi connectivity index (χ3v) is 3.40. The van der Waals surface area contributed by atoms with Gasteiger partial charge in [-0.25, -0.2) is 0 Å². The molecule has 1 heterocycles. The molecule has 0 bridgehead atoms. The van der Waals surface area contributed by atoms with Gasteiger partial charge in [-0.15, -0.1) is 6.58 Å². The van der Waals surface area contributed by atoms with Gasteiger partial charge in [0.05, 0.1) is 5.69 Å². The molecule has 100 valence electrons. The predicted octanol–water partition coefficient (Wildman–Crippen LogP) is 3.29. The molecule has 0 spiro atoms. The minimum Gasteiger partial charge on any atom is -0.299 e. The Morgan fingerprint density at radius 2 is 2.06 bits per heavy atom. The molecule has 1 rings (SSSR count). The van der Waals surface area contributed by atoms with Crippen molar-refractivity contribution in [2.24, 2.45) is 7.05 Å². The first-order valence-corrected chi connectivity index (χ1v) is 6.68. The number of unbranched alkanes of at least 4 members (excludes halogenated alkanes) is 3. The van der Waals surface area contributed by atoms with Crippen molar-refractivity contribution < 1.29 is 4.79 Å². The maximum Gasteiger partial charge on any atom is 0.137 e. The van der Waals surface area contributed by atoms with Crippen LogP contribution in [0.5, 0.6) is 0 Å². The van der Waals surface area contributed by atoms with Gasteiger partial charge in [-0.2, -0.15) is 5.10 Å². The zero-order chi connectivity index (χ0) is 13.5. The van der Waals surface area contributed by atoms with Crippen LogP contribution in [0.3, 0.4) is 0 Å². The Hall–Kier alpha value is -1.38. The summed E-state index contributed by atoms with van der Waals surface area (Å²) in [6.07, 6.45) is 7.45. The van der Waals surface area contributed by atoms with Gasteiger partial charge in [-0.05, 0) is 33.1 Å². The molecule has 3 nitrogen and oxygen atoms in total. The van der Waals surface area contributed by atoms with Gasteiger partial charge in [0.1, 0.15) is 5.78 Å². The summed E-state index contributed by atoms with van der Waals surface area (Å²) in [4.78, 5) is 11.9. The average Bonchev–Trinajstić information content (AvgIpc) is 2.56. The van der Waals surface area contributed by atoms with Gasteiger partial charge >= 0.3 is 0 Å². The van der Waals surface area contributed by atoms with Crippen molar-refractivity contribution in [2.45, 2.75) is 52.4 Å². The summed E-state index contributed by atoms with van der Waals surface area (Å²) in [6, 6.07) is 0. The highest BCUT2D eigenvalue weighted by Crippen LogP contribution is 2.14. The fourth-order valence-electron chi connectivity index (χ4n) is 2.15. The SMILES string of the molecule is C=CCCCCCC(=O)Cc1c(C)nn(C)c1C. The van der Waals surface area contributed by atoms with Crippen LogP contribution in [0.4, 0.5) is 0 Å². The van der Waals surface area contributed by atoms with Gasteiger partial charge in [0.25, 0.3) is 0 Å². The molecule has 0 fully saturated rings. The predicted molar refractivity (Wildman–Crippen MR) is 74.7 cm³/mol. The summed E-state index contributed by atoms with van der Waals surface area (Å²) in [5, 5.41) is 4.34. The second-order valence-corrected chi connectivity index (χ2v) is 4.88. The molecule has 0 unspecified atom stereocenters. The van der Waals surface area contributed by atoms with E-state index < -0.39 is 0 Å². The molecule has 0 aromatic carbocycles. The Morgan fingerprint density at radius 3 is 2.61 bits per heavy atom. The van der Waals surface area contributed by atoms with Gasteiger partial charge < -0.3 is 0 Å². The van der Waals surface area contributed by atoms with E-state index in [1.807, 2.05) is 31.7 Å². The fourth-order valence-corrected chi connectivity index (χ4v) is 2.15.